The van der Waals surface area contributed by atoms with Crippen molar-refractivity contribution in [1.29, 1.82) is 0 Å². The summed E-state index contributed by atoms with van der Waals surface area (Å²) >= 11 is 0. The molecule has 2 aliphatic rings. The van der Waals surface area contributed by atoms with Gasteiger partial charge < -0.3 is 19.6 Å². The Hall–Kier alpha value is -2.62. The number of amides is 2. The topological polar surface area (TPSA) is 74.5 Å². The Kier molecular flexibility index (Phi) is 5.21. The van der Waals surface area contributed by atoms with E-state index in [4.69, 9.17) is 4.52 Å². The summed E-state index contributed by atoms with van der Waals surface area (Å²) in [5, 5.41) is 6.38. The Morgan fingerprint density at radius 1 is 1.33 bits per heavy atom. The average Bonchev–Trinajstić information content (AvgIpc) is 3.20. The molecule has 1 aliphatic heterocycles. The Balaban J connectivity index is 1.36. The van der Waals surface area contributed by atoms with Crippen molar-refractivity contribution >= 4 is 11.7 Å². The number of para-hydroxylation sites is 1. The van der Waals surface area contributed by atoms with Gasteiger partial charge in [0.15, 0.2) is 5.82 Å². The van der Waals surface area contributed by atoms with Gasteiger partial charge in [-0.05, 0) is 56.9 Å². The fourth-order valence-electron chi connectivity index (χ4n) is 4.13. The van der Waals surface area contributed by atoms with E-state index in [1.165, 1.54) is 30.1 Å². The highest BCUT2D eigenvalue weighted by Crippen LogP contribution is 2.64. The first-order valence-electron chi connectivity index (χ1n) is 9.87. The third-order valence-electron chi connectivity index (χ3n) is 6.16. The second-order valence-electron chi connectivity index (χ2n) is 8.30. The van der Waals surface area contributed by atoms with Crippen LogP contribution < -0.4 is 5.32 Å². The van der Waals surface area contributed by atoms with Crippen LogP contribution in [0.15, 0.2) is 28.8 Å². The van der Waals surface area contributed by atoms with Crippen LogP contribution in [0.1, 0.15) is 42.5 Å². The van der Waals surface area contributed by atoms with Crippen LogP contribution in [-0.2, 0) is 12.7 Å². The van der Waals surface area contributed by atoms with Crippen LogP contribution in [0.25, 0.3) is 0 Å². The lowest BCUT2D eigenvalue weighted by molar-refractivity contribution is -0.136. The van der Waals surface area contributed by atoms with Crippen molar-refractivity contribution in [2.24, 2.45) is 5.41 Å². The van der Waals surface area contributed by atoms with Crippen molar-refractivity contribution in [3.63, 3.8) is 0 Å². The summed E-state index contributed by atoms with van der Waals surface area (Å²) in [7, 11) is 3.58. The lowest BCUT2D eigenvalue weighted by atomic mass is 9.91. The average molecular weight is 423 g/mol. The van der Waals surface area contributed by atoms with Crippen molar-refractivity contribution in [2.45, 2.75) is 37.9 Å². The van der Waals surface area contributed by atoms with Crippen LogP contribution >= 0.6 is 0 Å². The minimum Gasteiger partial charge on any atom is -0.337 e. The van der Waals surface area contributed by atoms with Gasteiger partial charge in [0.05, 0.1) is 11.3 Å². The highest BCUT2D eigenvalue weighted by molar-refractivity contribution is 5.90. The summed E-state index contributed by atoms with van der Waals surface area (Å²) in [6.07, 6.45) is -1.29. The SMILES string of the molecule is CN1CCC2(CC1)CC2c1noc(CN(C)C(=O)Nc2ccccc2C(F)(F)F)n1. The van der Waals surface area contributed by atoms with E-state index in [0.717, 1.165) is 38.4 Å². The molecule has 30 heavy (non-hydrogen) atoms. The van der Waals surface area contributed by atoms with Gasteiger partial charge in [-0.3, -0.25) is 0 Å². The van der Waals surface area contributed by atoms with Crippen molar-refractivity contribution in [1.82, 2.24) is 19.9 Å². The third-order valence-corrected chi connectivity index (χ3v) is 6.16. The molecule has 10 heteroatoms. The van der Waals surface area contributed by atoms with Crippen LogP contribution in [0.4, 0.5) is 23.7 Å². The second kappa shape index (κ2) is 7.57. The Labute approximate surface area is 172 Å². The summed E-state index contributed by atoms with van der Waals surface area (Å²) in [6, 6.07) is 4.16. The standard InChI is InChI=1S/C20H24F3N5O2/c1-27-9-7-19(8-10-27)11-14(19)17-25-16(30-26-17)12-28(2)18(29)24-15-6-4-3-5-13(15)20(21,22)23/h3-6,14H,7-12H2,1-2H3,(H,24,29). The predicted molar refractivity (Wildman–Crippen MR) is 103 cm³/mol. The van der Waals surface area contributed by atoms with Crippen LogP contribution in [0, 0.1) is 5.41 Å². The van der Waals surface area contributed by atoms with E-state index in [1.54, 1.807) is 0 Å². The molecule has 2 heterocycles. The summed E-state index contributed by atoms with van der Waals surface area (Å²) in [5.41, 5.74) is -0.933. The molecule has 0 radical (unpaired) electrons. The summed E-state index contributed by atoms with van der Waals surface area (Å²) < 4.78 is 44.6. The van der Waals surface area contributed by atoms with Crippen LogP contribution in [-0.4, -0.2) is 53.2 Å². The van der Waals surface area contributed by atoms with Crippen LogP contribution in [0.3, 0.4) is 0 Å². The summed E-state index contributed by atoms with van der Waals surface area (Å²) in [6.45, 7) is 2.13. The molecule has 162 valence electrons. The molecule has 1 aromatic carbocycles. The zero-order chi connectivity index (χ0) is 21.5. The van der Waals surface area contributed by atoms with Crippen molar-refractivity contribution < 1.29 is 22.5 Å². The van der Waals surface area contributed by atoms with Gasteiger partial charge in [-0.1, -0.05) is 17.3 Å². The van der Waals surface area contributed by atoms with E-state index >= 15 is 0 Å². The fraction of sp³-hybridized carbons (Fsp3) is 0.550. The number of nitrogens with one attached hydrogen (secondary N) is 1. The number of benzene rings is 1. The van der Waals surface area contributed by atoms with E-state index < -0.39 is 17.8 Å². The highest BCUT2D eigenvalue weighted by Gasteiger charge is 2.57. The molecular formula is C20H24F3N5O2. The van der Waals surface area contributed by atoms with Crippen LogP contribution in [0.5, 0.6) is 0 Å². The molecule has 1 unspecified atom stereocenters. The van der Waals surface area contributed by atoms with Gasteiger partial charge in [0.2, 0.25) is 5.89 Å². The predicted octanol–water partition coefficient (Wildman–Crippen LogP) is 3.95. The molecule has 0 bridgehead atoms. The third kappa shape index (κ3) is 4.14. The highest BCUT2D eigenvalue weighted by atomic mass is 19.4. The molecule has 4 rings (SSSR count). The second-order valence-corrected chi connectivity index (χ2v) is 8.30. The monoisotopic (exact) mass is 423 g/mol. The number of anilines is 1. The fourth-order valence-corrected chi connectivity index (χ4v) is 4.13. The summed E-state index contributed by atoms with van der Waals surface area (Å²) in [4.78, 5) is 20.3. The quantitative estimate of drug-likeness (QED) is 0.806. The molecule has 1 N–H and O–H groups in total. The number of piperidine rings is 1. The number of carbonyl (C=O) groups is 1. The zero-order valence-electron chi connectivity index (χ0n) is 16.9. The first-order chi connectivity index (χ1) is 14.2. The van der Waals surface area contributed by atoms with Crippen molar-refractivity contribution in [3.05, 3.63) is 41.5 Å². The number of rotatable bonds is 4. The lowest BCUT2D eigenvalue weighted by Crippen LogP contribution is -2.32. The molecular weight excluding hydrogens is 399 g/mol. The number of urea groups is 1. The van der Waals surface area contributed by atoms with Gasteiger partial charge >= 0.3 is 12.2 Å². The number of alkyl halides is 3. The van der Waals surface area contributed by atoms with Crippen LogP contribution in [0.2, 0.25) is 0 Å². The molecule has 2 aromatic rings. The van der Waals surface area contributed by atoms with Gasteiger partial charge in [-0.25, -0.2) is 4.79 Å². The van der Waals surface area contributed by atoms with Crippen molar-refractivity contribution in [2.75, 3.05) is 32.5 Å². The van der Waals surface area contributed by atoms with E-state index in [1.807, 2.05) is 0 Å². The number of nitrogens with zero attached hydrogens (tertiary/aromatic N) is 4. The number of carbonyl (C=O) groups excluding carboxylic acids is 1. The van der Waals surface area contributed by atoms with Gasteiger partial charge in [0.25, 0.3) is 0 Å². The normalized spacial score (nSPS) is 20.9. The van der Waals surface area contributed by atoms with E-state index in [-0.39, 0.29) is 29.5 Å². The number of hydrogen-bond acceptors (Lipinski definition) is 5. The van der Waals surface area contributed by atoms with Crippen molar-refractivity contribution in [3.8, 4) is 0 Å². The largest absolute Gasteiger partial charge is 0.418 e. The Morgan fingerprint density at radius 3 is 2.73 bits per heavy atom. The first kappa shape index (κ1) is 20.6. The Morgan fingerprint density at radius 2 is 2.03 bits per heavy atom. The van der Waals surface area contributed by atoms with Gasteiger partial charge in [0, 0.05) is 13.0 Å². The zero-order valence-corrected chi connectivity index (χ0v) is 16.9. The molecule has 7 nitrogen and oxygen atoms in total. The Bertz CT molecular complexity index is 921. The smallest absolute Gasteiger partial charge is 0.337 e. The van der Waals surface area contributed by atoms with E-state index in [9.17, 15) is 18.0 Å². The number of halogens is 3. The van der Waals surface area contributed by atoms with Gasteiger partial charge in [-0.2, -0.15) is 18.2 Å². The molecule has 1 spiro atoms. The number of hydrogen-bond donors (Lipinski definition) is 1. The molecule has 1 atom stereocenters. The minimum absolute atomic E-state index is 0.00940. The molecule has 1 aromatic heterocycles. The van der Waals surface area contributed by atoms with Gasteiger partial charge in [0.1, 0.15) is 6.54 Å². The van der Waals surface area contributed by atoms with Gasteiger partial charge in [-0.15, -0.1) is 0 Å². The number of likely N-dealkylation sites (tertiary alicyclic amines) is 1. The first-order valence-corrected chi connectivity index (χ1v) is 9.87. The molecule has 1 saturated heterocycles. The van der Waals surface area contributed by atoms with E-state index in [2.05, 4.69) is 27.4 Å². The number of aromatic nitrogens is 2. The lowest BCUT2D eigenvalue weighted by Gasteiger charge is -2.29. The molecule has 1 aliphatic carbocycles. The summed E-state index contributed by atoms with van der Waals surface area (Å²) in [5.74, 6) is 1.20. The molecule has 2 amide bonds. The maximum atomic E-state index is 13.1. The molecule has 1 saturated carbocycles. The molecule has 2 fully saturated rings. The maximum absolute atomic E-state index is 13.1. The van der Waals surface area contributed by atoms with E-state index in [0.29, 0.717) is 5.82 Å². The minimum atomic E-state index is -4.56. The maximum Gasteiger partial charge on any atom is 0.418 e.